The number of methoxy groups -OCH3 is 1. The zero-order chi connectivity index (χ0) is 26.9. The Bertz CT molecular complexity index is 1380. The number of hydrogen-bond acceptors (Lipinski definition) is 6. The van der Waals surface area contributed by atoms with E-state index in [0.717, 1.165) is 73.5 Å². The van der Waals surface area contributed by atoms with Crippen LogP contribution in [-0.2, 0) is 17.7 Å². The molecule has 3 N–H and O–H groups in total. The minimum absolute atomic E-state index is 0.0725. The third kappa shape index (κ3) is 5.63. The van der Waals surface area contributed by atoms with E-state index in [1.54, 1.807) is 19.2 Å². The molecule has 1 aliphatic carbocycles. The van der Waals surface area contributed by atoms with Crippen LogP contribution in [0.2, 0.25) is 0 Å². The molecule has 7 nitrogen and oxygen atoms in total. The second-order valence-corrected chi connectivity index (χ2v) is 10.9. The number of nitrogens with one attached hydrogen (secondary N) is 1. The summed E-state index contributed by atoms with van der Waals surface area (Å²) >= 11 is 0. The van der Waals surface area contributed by atoms with E-state index >= 15 is 4.39 Å². The lowest BCUT2D eigenvalue weighted by Gasteiger charge is -2.31. The second-order valence-electron chi connectivity index (χ2n) is 10.9. The molecule has 1 aromatic heterocycles. The highest BCUT2D eigenvalue weighted by Gasteiger charge is 2.25. The van der Waals surface area contributed by atoms with Crippen molar-refractivity contribution in [2.45, 2.75) is 44.8 Å². The molecular formula is C31H35FN4O3. The molecule has 0 spiro atoms. The predicted molar refractivity (Wildman–Crippen MR) is 149 cm³/mol. The first-order valence-electron chi connectivity index (χ1n) is 13.9. The fraction of sp³-hybridized carbons (Fsp3) is 0.419. The molecule has 8 heteroatoms. The molecule has 1 saturated heterocycles. The van der Waals surface area contributed by atoms with Crippen LogP contribution in [0.1, 0.15) is 47.2 Å². The number of pyridine rings is 1. The van der Waals surface area contributed by atoms with E-state index in [0.29, 0.717) is 35.3 Å². The van der Waals surface area contributed by atoms with Gasteiger partial charge in [0.15, 0.2) is 0 Å². The standard InChI is InChI=1S/C31H35FN4O3/c1-38-24-9-12-36(13-10-24)17-23-15-20(5-7-28(23)39-18-19-2-3-19)26-16-27(30(33)35-29(26)32)21-4-6-25-22(14-21)8-11-34-31(25)37/h4-7,14-16,19,24H,2-3,8-13,17-18H2,1H3,(H2,33,35)(H,34,37). The SMILES string of the molecule is COC1CCN(Cc2cc(-c3cc(-c4ccc5c(c4)CCNC5=O)c(N)nc3F)ccc2OCC2CC2)CC1. The molecule has 3 aromatic rings. The van der Waals surface area contributed by atoms with Gasteiger partial charge < -0.3 is 20.5 Å². The molecule has 2 aromatic carbocycles. The first-order valence-corrected chi connectivity index (χ1v) is 13.9. The smallest absolute Gasteiger partial charge is 0.251 e. The Morgan fingerprint density at radius 1 is 1.03 bits per heavy atom. The Morgan fingerprint density at radius 3 is 2.56 bits per heavy atom. The number of likely N-dealkylation sites (tertiary alicyclic amines) is 1. The Balaban J connectivity index is 1.33. The molecule has 0 bridgehead atoms. The number of nitrogen functional groups attached to an aromatic ring is 1. The van der Waals surface area contributed by atoms with Crippen molar-refractivity contribution < 1.29 is 18.7 Å². The van der Waals surface area contributed by atoms with Crippen molar-refractivity contribution in [2.24, 2.45) is 5.92 Å². The van der Waals surface area contributed by atoms with Crippen molar-refractivity contribution >= 4 is 11.7 Å². The summed E-state index contributed by atoms with van der Waals surface area (Å²) in [5.41, 5.74) is 11.5. The second kappa shape index (κ2) is 10.9. The van der Waals surface area contributed by atoms with E-state index in [2.05, 4.69) is 15.2 Å². The van der Waals surface area contributed by atoms with E-state index < -0.39 is 5.95 Å². The number of piperidine rings is 1. The molecule has 1 amide bonds. The van der Waals surface area contributed by atoms with Crippen LogP contribution in [0.4, 0.5) is 10.2 Å². The third-order valence-electron chi connectivity index (χ3n) is 8.15. The lowest BCUT2D eigenvalue weighted by molar-refractivity contribution is 0.0386. The average molecular weight is 531 g/mol. The largest absolute Gasteiger partial charge is 0.493 e. The molecule has 1 saturated carbocycles. The molecule has 2 fully saturated rings. The fourth-order valence-corrected chi connectivity index (χ4v) is 5.58. The van der Waals surface area contributed by atoms with Crippen molar-refractivity contribution in [3.05, 3.63) is 65.1 Å². The number of rotatable bonds is 8. The molecule has 3 heterocycles. The highest BCUT2D eigenvalue weighted by Crippen LogP contribution is 2.36. The highest BCUT2D eigenvalue weighted by atomic mass is 19.1. The number of halogens is 1. The molecule has 6 rings (SSSR count). The maximum absolute atomic E-state index is 15.3. The number of benzene rings is 2. The minimum atomic E-state index is -0.605. The summed E-state index contributed by atoms with van der Waals surface area (Å²) in [6.45, 7) is 3.94. The molecule has 2 aliphatic heterocycles. The summed E-state index contributed by atoms with van der Waals surface area (Å²) in [5, 5.41) is 2.86. The van der Waals surface area contributed by atoms with Crippen LogP contribution in [0.5, 0.6) is 5.75 Å². The zero-order valence-corrected chi connectivity index (χ0v) is 22.3. The number of nitrogens with two attached hydrogens (primary N) is 1. The Hall–Kier alpha value is -3.49. The summed E-state index contributed by atoms with van der Waals surface area (Å²) in [5.74, 6) is 0.946. The highest BCUT2D eigenvalue weighted by molar-refractivity contribution is 5.97. The van der Waals surface area contributed by atoms with Crippen molar-refractivity contribution in [3.63, 3.8) is 0 Å². The number of nitrogens with zero attached hydrogens (tertiary/aromatic N) is 2. The number of carbonyl (C=O) groups is 1. The molecule has 3 aliphatic rings. The summed E-state index contributed by atoms with van der Waals surface area (Å²) < 4.78 is 27.1. The Morgan fingerprint density at radius 2 is 1.79 bits per heavy atom. The summed E-state index contributed by atoms with van der Waals surface area (Å²) in [7, 11) is 1.78. The van der Waals surface area contributed by atoms with Crippen LogP contribution in [-0.4, -0.2) is 55.2 Å². The van der Waals surface area contributed by atoms with Gasteiger partial charge in [-0.3, -0.25) is 9.69 Å². The van der Waals surface area contributed by atoms with E-state index in [-0.39, 0.29) is 11.7 Å². The van der Waals surface area contributed by atoms with Gasteiger partial charge in [0.25, 0.3) is 5.91 Å². The van der Waals surface area contributed by atoms with Gasteiger partial charge in [0.1, 0.15) is 11.6 Å². The molecule has 204 valence electrons. The summed E-state index contributed by atoms with van der Waals surface area (Å²) in [6.07, 6.45) is 5.48. The van der Waals surface area contributed by atoms with Crippen LogP contribution >= 0.6 is 0 Å². The number of hydrogen-bond donors (Lipinski definition) is 2. The van der Waals surface area contributed by atoms with Crippen LogP contribution < -0.4 is 15.8 Å². The maximum atomic E-state index is 15.3. The first kappa shape index (κ1) is 25.8. The van der Waals surface area contributed by atoms with Gasteiger partial charge >= 0.3 is 0 Å². The quantitative estimate of drug-likeness (QED) is 0.406. The van der Waals surface area contributed by atoms with Gasteiger partial charge in [-0.1, -0.05) is 18.2 Å². The first-order chi connectivity index (χ1) is 19.0. The number of amides is 1. The van der Waals surface area contributed by atoms with E-state index in [1.165, 1.54) is 12.8 Å². The van der Waals surface area contributed by atoms with Crippen molar-refractivity contribution in [1.82, 2.24) is 15.2 Å². The van der Waals surface area contributed by atoms with Gasteiger partial charge in [0, 0.05) is 55.5 Å². The predicted octanol–water partition coefficient (Wildman–Crippen LogP) is 4.82. The van der Waals surface area contributed by atoms with Crippen LogP contribution in [0.3, 0.4) is 0 Å². The van der Waals surface area contributed by atoms with Crippen LogP contribution in [0, 0.1) is 11.9 Å². The van der Waals surface area contributed by atoms with Crippen LogP contribution in [0.25, 0.3) is 22.3 Å². The van der Waals surface area contributed by atoms with Gasteiger partial charge in [-0.15, -0.1) is 0 Å². The van der Waals surface area contributed by atoms with Crippen molar-refractivity contribution in [1.29, 1.82) is 0 Å². The average Bonchev–Trinajstić information content (AvgIpc) is 3.77. The van der Waals surface area contributed by atoms with E-state index in [4.69, 9.17) is 15.2 Å². The maximum Gasteiger partial charge on any atom is 0.251 e. The van der Waals surface area contributed by atoms with Crippen LogP contribution in [0.15, 0.2) is 42.5 Å². The molecule has 0 unspecified atom stereocenters. The monoisotopic (exact) mass is 530 g/mol. The third-order valence-corrected chi connectivity index (χ3v) is 8.15. The normalized spacial score (nSPS) is 18.1. The lowest BCUT2D eigenvalue weighted by Crippen LogP contribution is -2.36. The fourth-order valence-electron chi connectivity index (χ4n) is 5.58. The van der Waals surface area contributed by atoms with Crippen molar-refractivity contribution in [2.75, 3.05) is 39.1 Å². The molecule has 0 radical (unpaired) electrons. The number of fused-ring (bicyclic) bond motifs is 1. The van der Waals surface area contributed by atoms with Crippen molar-refractivity contribution in [3.8, 4) is 28.0 Å². The number of ether oxygens (including phenoxy) is 2. The number of carbonyl (C=O) groups excluding carboxylic acids is 1. The van der Waals surface area contributed by atoms with Gasteiger partial charge in [0.2, 0.25) is 5.95 Å². The molecular weight excluding hydrogens is 495 g/mol. The van der Waals surface area contributed by atoms with Gasteiger partial charge in [-0.25, -0.2) is 4.98 Å². The molecule has 39 heavy (non-hydrogen) atoms. The van der Waals surface area contributed by atoms with Gasteiger partial charge in [-0.2, -0.15) is 4.39 Å². The topological polar surface area (TPSA) is 89.7 Å². The lowest BCUT2D eigenvalue weighted by atomic mass is 9.93. The van der Waals surface area contributed by atoms with E-state index in [1.807, 2.05) is 30.3 Å². The van der Waals surface area contributed by atoms with E-state index in [9.17, 15) is 4.79 Å². The van der Waals surface area contributed by atoms with Gasteiger partial charge in [0.05, 0.1) is 12.7 Å². The summed E-state index contributed by atoms with van der Waals surface area (Å²) in [6, 6.07) is 13.3. The van der Waals surface area contributed by atoms with Gasteiger partial charge in [-0.05, 0) is 79.0 Å². The zero-order valence-electron chi connectivity index (χ0n) is 22.3. The number of anilines is 1. The minimum Gasteiger partial charge on any atom is -0.493 e. The summed E-state index contributed by atoms with van der Waals surface area (Å²) in [4.78, 5) is 18.7. The Kier molecular flexibility index (Phi) is 7.23. The Labute approximate surface area is 228 Å². The molecule has 0 atom stereocenters. The number of aromatic nitrogens is 1.